The molecule has 3 rings (SSSR count). The SMILES string of the molecule is COc1cncc(N2CCc3nc(NC(C)=O)sc3C2=O)c1. The van der Waals surface area contributed by atoms with Crippen LogP contribution in [0.5, 0.6) is 5.75 Å². The smallest absolute Gasteiger partial charge is 0.270 e. The van der Waals surface area contributed by atoms with E-state index in [-0.39, 0.29) is 11.8 Å². The lowest BCUT2D eigenvalue weighted by molar-refractivity contribution is -0.114. The number of amides is 2. The number of nitrogens with one attached hydrogen (secondary N) is 1. The van der Waals surface area contributed by atoms with Gasteiger partial charge in [0, 0.05) is 26.0 Å². The predicted molar refractivity (Wildman–Crippen MR) is 82.6 cm³/mol. The first-order valence-electron chi connectivity index (χ1n) is 6.66. The van der Waals surface area contributed by atoms with Crippen LogP contribution in [-0.2, 0) is 11.2 Å². The summed E-state index contributed by atoms with van der Waals surface area (Å²) in [6.07, 6.45) is 3.85. The molecule has 2 amide bonds. The molecule has 3 heterocycles. The maximum absolute atomic E-state index is 12.6. The molecule has 114 valence electrons. The highest BCUT2D eigenvalue weighted by atomic mass is 32.1. The Kier molecular flexibility index (Phi) is 3.76. The molecule has 0 unspecified atom stereocenters. The molecule has 0 atom stereocenters. The predicted octanol–water partition coefficient (Wildman–Crippen LogP) is 1.71. The third-order valence-corrected chi connectivity index (χ3v) is 4.24. The number of carbonyl (C=O) groups excluding carboxylic acids is 2. The van der Waals surface area contributed by atoms with E-state index in [4.69, 9.17) is 4.74 Å². The summed E-state index contributed by atoms with van der Waals surface area (Å²) in [5.41, 5.74) is 1.41. The molecule has 1 N–H and O–H groups in total. The normalized spacial score (nSPS) is 13.7. The number of pyridine rings is 1. The molecular weight excluding hydrogens is 304 g/mol. The van der Waals surface area contributed by atoms with Crippen LogP contribution in [0.1, 0.15) is 22.3 Å². The Labute approximate surface area is 130 Å². The van der Waals surface area contributed by atoms with Crippen molar-refractivity contribution in [3.05, 3.63) is 29.0 Å². The minimum absolute atomic E-state index is 0.134. The average Bonchev–Trinajstić information content (AvgIpc) is 2.90. The number of hydrogen-bond acceptors (Lipinski definition) is 6. The first-order valence-corrected chi connectivity index (χ1v) is 7.48. The van der Waals surface area contributed by atoms with Gasteiger partial charge in [0.1, 0.15) is 10.6 Å². The summed E-state index contributed by atoms with van der Waals surface area (Å²) < 4.78 is 5.14. The van der Waals surface area contributed by atoms with Crippen LogP contribution in [0.3, 0.4) is 0 Å². The molecule has 0 spiro atoms. The number of nitrogens with zero attached hydrogens (tertiary/aromatic N) is 3. The van der Waals surface area contributed by atoms with Gasteiger partial charge in [-0.2, -0.15) is 0 Å². The third-order valence-electron chi connectivity index (χ3n) is 3.24. The van der Waals surface area contributed by atoms with Crippen molar-refractivity contribution >= 4 is 34.0 Å². The number of hydrogen-bond donors (Lipinski definition) is 1. The molecule has 22 heavy (non-hydrogen) atoms. The van der Waals surface area contributed by atoms with Crippen LogP contribution in [0.15, 0.2) is 18.5 Å². The second-order valence-electron chi connectivity index (χ2n) is 4.77. The number of methoxy groups -OCH3 is 1. The summed E-state index contributed by atoms with van der Waals surface area (Å²) >= 11 is 1.19. The summed E-state index contributed by atoms with van der Waals surface area (Å²) in [6, 6.07) is 1.77. The highest BCUT2D eigenvalue weighted by Crippen LogP contribution is 2.31. The standard InChI is InChI=1S/C14H14N4O3S/c1-8(19)16-14-17-11-3-4-18(13(20)12(11)22-14)9-5-10(21-2)7-15-6-9/h5-7H,3-4H2,1-2H3,(H,16,17,19). The van der Waals surface area contributed by atoms with Crippen molar-refractivity contribution in [1.29, 1.82) is 0 Å². The van der Waals surface area contributed by atoms with Crippen molar-refractivity contribution in [3.8, 4) is 5.75 Å². The summed E-state index contributed by atoms with van der Waals surface area (Å²) in [6.45, 7) is 1.93. The zero-order chi connectivity index (χ0) is 15.7. The number of rotatable bonds is 3. The fraction of sp³-hybridized carbons (Fsp3) is 0.286. The lowest BCUT2D eigenvalue weighted by atomic mass is 10.1. The topological polar surface area (TPSA) is 84.4 Å². The van der Waals surface area contributed by atoms with E-state index in [1.165, 1.54) is 18.3 Å². The van der Waals surface area contributed by atoms with E-state index in [2.05, 4.69) is 15.3 Å². The molecule has 0 radical (unpaired) electrons. The fourth-order valence-electron chi connectivity index (χ4n) is 2.25. The van der Waals surface area contributed by atoms with Crippen LogP contribution in [-0.4, -0.2) is 35.4 Å². The van der Waals surface area contributed by atoms with Crippen molar-refractivity contribution in [1.82, 2.24) is 9.97 Å². The minimum Gasteiger partial charge on any atom is -0.495 e. The fourth-order valence-corrected chi connectivity index (χ4v) is 3.25. The Balaban J connectivity index is 1.90. The first kappa shape index (κ1) is 14.5. The van der Waals surface area contributed by atoms with Gasteiger partial charge in [0.05, 0.1) is 30.9 Å². The molecular formula is C14H14N4O3S. The van der Waals surface area contributed by atoms with E-state index < -0.39 is 0 Å². The highest BCUT2D eigenvalue weighted by Gasteiger charge is 2.29. The van der Waals surface area contributed by atoms with E-state index in [1.807, 2.05) is 0 Å². The highest BCUT2D eigenvalue weighted by molar-refractivity contribution is 7.17. The van der Waals surface area contributed by atoms with E-state index in [1.54, 1.807) is 30.5 Å². The second-order valence-corrected chi connectivity index (χ2v) is 5.76. The lowest BCUT2D eigenvalue weighted by Crippen LogP contribution is -2.37. The molecule has 0 aromatic carbocycles. The number of aromatic nitrogens is 2. The number of carbonyl (C=O) groups is 2. The van der Waals surface area contributed by atoms with Gasteiger partial charge in [-0.1, -0.05) is 11.3 Å². The Bertz CT molecular complexity index is 743. The van der Waals surface area contributed by atoms with E-state index in [0.717, 1.165) is 5.69 Å². The molecule has 0 saturated carbocycles. The van der Waals surface area contributed by atoms with Gasteiger partial charge in [-0.3, -0.25) is 14.6 Å². The Morgan fingerprint density at radius 2 is 2.27 bits per heavy atom. The number of fused-ring (bicyclic) bond motifs is 1. The molecule has 0 saturated heterocycles. The summed E-state index contributed by atoms with van der Waals surface area (Å²) in [5.74, 6) is 0.261. The molecule has 2 aromatic rings. The van der Waals surface area contributed by atoms with Crippen molar-refractivity contribution in [2.24, 2.45) is 0 Å². The van der Waals surface area contributed by atoms with Gasteiger partial charge in [-0.15, -0.1) is 0 Å². The molecule has 1 aliphatic heterocycles. The molecule has 8 heteroatoms. The molecule has 2 aromatic heterocycles. The Morgan fingerprint density at radius 3 is 3.00 bits per heavy atom. The van der Waals surface area contributed by atoms with E-state index >= 15 is 0 Å². The Hall–Kier alpha value is -2.48. The van der Waals surface area contributed by atoms with Crippen LogP contribution < -0.4 is 15.0 Å². The maximum Gasteiger partial charge on any atom is 0.270 e. The zero-order valence-electron chi connectivity index (χ0n) is 12.1. The Morgan fingerprint density at radius 1 is 1.45 bits per heavy atom. The molecule has 0 aliphatic carbocycles. The lowest BCUT2D eigenvalue weighted by Gasteiger charge is -2.25. The first-order chi connectivity index (χ1) is 10.6. The summed E-state index contributed by atoms with van der Waals surface area (Å²) in [4.78, 5) is 34.3. The van der Waals surface area contributed by atoms with Gasteiger partial charge >= 0.3 is 0 Å². The monoisotopic (exact) mass is 318 g/mol. The van der Waals surface area contributed by atoms with Crippen molar-refractivity contribution in [2.75, 3.05) is 23.9 Å². The van der Waals surface area contributed by atoms with Crippen LogP contribution in [0.2, 0.25) is 0 Å². The van der Waals surface area contributed by atoms with E-state index in [9.17, 15) is 9.59 Å². The maximum atomic E-state index is 12.6. The van der Waals surface area contributed by atoms with Gasteiger partial charge < -0.3 is 15.0 Å². The van der Waals surface area contributed by atoms with E-state index in [0.29, 0.717) is 34.4 Å². The van der Waals surface area contributed by atoms with Crippen LogP contribution in [0, 0.1) is 0 Å². The van der Waals surface area contributed by atoms with Gasteiger partial charge in [0.25, 0.3) is 5.91 Å². The second kappa shape index (κ2) is 5.72. The van der Waals surface area contributed by atoms with Crippen molar-refractivity contribution in [3.63, 3.8) is 0 Å². The van der Waals surface area contributed by atoms with Crippen molar-refractivity contribution < 1.29 is 14.3 Å². The summed E-state index contributed by atoms with van der Waals surface area (Å²) in [7, 11) is 1.56. The molecule has 0 fully saturated rings. The van der Waals surface area contributed by atoms with Gasteiger partial charge in [-0.25, -0.2) is 4.98 Å². The van der Waals surface area contributed by atoms with Gasteiger partial charge in [-0.05, 0) is 0 Å². The van der Waals surface area contributed by atoms with Crippen LogP contribution >= 0.6 is 11.3 Å². The van der Waals surface area contributed by atoms with Crippen LogP contribution in [0.4, 0.5) is 10.8 Å². The number of anilines is 2. The average molecular weight is 318 g/mol. The molecule has 7 nitrogen and oxygen atoms in total. The zero-order valence-corrected chi connectivity index (χ0v) is 12.9. The van der Waals surface area contributed by atoms with Gasteiger partial charge in [0.15, 0.2) is 5.13 Å². The molecule has 1 aliphatic rings. The quantitative estimate of drug-likeness (QED) is 0.931. The largest absolute Gasteiger partial charge is 0.495 e. The van der Waals surface area contributed by atoms with Crippen molar-refractivity contribution in [2.45, 2.75) is 13.3 Å². The summed E-state index contributed by atoms with van der Waals surface area (Å²) in [5, 5.41) is 3.08. The van der Waals surface area contributed by atoms with Crippen LogP contribution in [0.25, 0.3) is 0 Å². The van der Waals surface area contributed by atoms with Gasteiger partial charge in [0.2, 0.25) is 5.91 Å². The number of thiazole rings is 1. The third kappa shape index (κ3) is 2.64. The molecule has 0 bridgehead atoms. The minimum atomic E-state index is -0.201. The number of ether oxygens (including phenoxy) is 1.